The van der Waals surface area contributed by atoms with E-state index in [-0.39, 0.29) is 11.6 Å². The molecule has 0 bridgehead atoms. The molecule has 24 heavy (non-hydrogen) atoms. The summed E-state index contributed by atoms with van der Waals surface area (Å²) in [6, 6.07) is 2.93. The van der Waals surface area contributed by atoms with Crippen molar-refractivity contribution in [2.24, 2.45) is 0 Å². The first kappa shape index (κ1) is 16.6. The van der Waals surface area contributed by atoms with Crippen molar-refractivity contribution >= 4 is 22.8 Å². The van der Waals surface area contributed by atoms with Gasteiger partial charge in [0.05, 0.1) is 9.93 Å². The topological polar surface area (TPSA) is 72.2 Å². The maximum atomic E-state index is 12.7. The van der Waals surface area contributed by atoms with Crippen LogP contribution in [-0.2, 0) is 6.18 Å². The van der Waals surface area contributed by atoms with Crippen LogP contribution in [0.3, 0.4) is 0 Å². The number of anilines is 1. The molecule has 10 heteroatoms. The maximum absolute atomic E-state index is 12.7. The summed E-state index contributed by atoms with van der Waals surface area (Å²) < 4.78 is 38.0. The van der Waals surface area contributed by atoms with Gasteiger partial charge in [0.25, 0.3) is 5.69 Å². The predicted molar refractivity (Wildman–Crippen MR) is 82.2 cm³/mol. The first-order chi connectivity index (χ1) is 11.3. The molecule has 0 spiro atoms. The Morgan fingerprint density at radius 2 is 2.17 bits per heavy atom. The van der Waals surface area contributed by atoms with Crippen molar-refractivity contribution in [1.29, 1.82) is 0 Å². The number of hydrogen-bond acceptors (Lipinski definition) is 6. The summed E-state index contributed by atoms with van der Waals surface area (Å²) in [7, 11) is 0. The maximum Gasteiger partial charge on any atom is 0.434 e. The molecule has 3 rings (SSSR count). The number of halogens is 3. The van der Waals surface area contributed by atoms with Crippen molar-refractivity contribution < 1.29 is 18.1 Å². The molecule has 128 valence electrons. The molecule has 1 aliphatic rings. The number of hydrogen-bond donors (Lipinski definition) is 0. The van der Waals surface area contributed by atoms with Gasteiger partial charge in [-0.3, -0.25) is 10.1 Å². The first-order valence-corrected chi connectivity index (χ1v) is 8.10. The molecule has 1 saturated heterocycles. The van der Waals surface area contributed by atoms with Gasteiger partial charge in [0, 0.05) is 30.5 Å². The normalized spacial score (nSPS) is 18.6. The Morgan fingerprint density at radius 1 is 1.38 bits per heavy atom. The second-order valence-electron chi connectivity index (χ2n) is 5.49. The Bertz CT molecular complexity index is 732. The summed E-state index contributed by atoms with van der Waals surface area (Å²) in [5.74, 6) is 0.481. The van der Waals surface area contributed by atoms with E-state index >= 15 is 0 Å². The fourth-order valence-corrected chi connectivity index (χ4v) is 3.62. The highest BCUT2D eigenvalue weighted by atomic mass is 32.1. The summed E-state index contributed by atoms with van der Waals surface area (Å²) in [4.78, 5) is 19.9. The predicted octanol–water partition coefficient (Wildman–Crippen LogP) is 3.85. The van der Waals surface area contributed by atoms with Gasteiger partial charge in [0.2, 0.25) is 0 Å². The summed E-state index contributed by atoms with van der Waals surface area (Å²) in [6.45, 7) is 1.20. The second-order valence-corrected chi connectivity index (χ2v) is 6.38. The van der Waals surface area contributed by atoms with Gasteiger partial charge in [0.15, 0.2) is 5.69 Å². The summed E-state index contributed by atoms with van der Waals surface area (Å²) >= 11 is 1.02. The zero-order valence-electron chi connectivity index (χ0n) is 12.4. The third kappa shape index (κ3) is 3.48. The molecule has 1 unspecified atom stereocenters. The minimum atomic E-state index is -4.43. The van der Waals surface area contributed by atoms with Crippen molar-refractivity contribution in [3.8, 4) is 0 Å². The van der Waals surface area contributed by atoms with Gasteiger partial charge in [-0.05, 0) is 18.9 Å². The van der Waals surface area contributed by atoms with E-state index in [0.29, 0.717) is 23.9 Å². The molecule has 0 amide bonds. The quantitative estimate of drug-likeness (QED) is 0.616. The number of aromatic nitrogens is 2. The van der Waals surface area contributed by atoms with E-state index in [1.54, 1.807) is 6.07 Å². The molecule has 1 fully saturated rings. The van der Waals surface area contributed by atoms with Crippen molar-refractivity contribution in [2.45, 2.75) is 24.9 Å². The lowest BCUT2D eigenvalue weighted by Crippen LogP contribution is -2.34. The van der Waals surface area contributed by atoms with Crippen LogP contribution in [0, 0.1) is 10.1 Å². The van der Waals surface area contributed by atoms with Crippen LogP contribution in [0.1, 0.15) is 29.5 Å². The molecular formula is C14H13F3N4O2S. The van der Waals surface area contributed by atoms with Crippen molar-refractivity contribution in [2.75, 3.05) is 18.0 Å². The van der Waals surface area contributed by atoms with Gasteiger partial charge in [-0.25, -0.2) is 9.97 Å². The van der Waals surface area contributed by atoms with Crippen LogP contribution in [-0.4, -0.2) is 28.0 Å². The summed E-state index contributed by atoms with van der Waals surface area (Å²) in [5.41, 5.74) is -0.949. The van der Waals surface area contributed by atoms with Gasteiger partial charge in [-0.15, -0.1) is 11.3 Å². The van der Waals surface area contributed by atoms with E-state index in [0.717, 1.165) is 29.6 Å². The molecule has 2 aromatic rings. The number of alkyl halides is 3. The largest absolute Gasteiger partial charge is 0.434 e. The van der Waals surface area contributed by atoms with Crippen LogP contribution in [0.5, 0.6) is 0 Å². The second kappa shape index (κ2) is 6.34. The third-order valence-electron chi connectivity index (χ3n) is 3.85. The molecule has 6 nitrogen and oxygen atoms in total. The number of piperidine rings is 1. The fourth-order valence-electron chi connectivity index (χ4n) is 2.67. The van der Waals surface area contributed by atoms with Gasteiger partial charge >= 0.3 is 6.18 Å². The molecule has 0 saturated carbocycles. The van der Waals surface area contributed by atoms with Crippen molar-refractivity contribution in [3.63, 3.8) is 0 Å². The fraction of sp³-hybridized carbons (Fsp3) is 0.429. The van der Waals surface area contributed by atoms with Crippen LogP contribution < -0.4 is 4.90 Å². The van der Waals surface area contributed by atoms with Crippen LogP contribution in [0.25, 0.3) is 0 Å². The highest BCUT2D eigenvalue weighted by Crippen LogP contribution is 2.35. The van der Waals surface area contributed by atoms with E-state index in [9.17, 15) is 23.3 Å². The third-order valence-corrected chi connectivity index (χ3v) is 4.86. The molecule has 3 heterocycles. The first-order valence-electron chi connectivity index (χ1n) is 7.22. The molecule has 0 aromatic carbocycles. The lowest BCUT2D eigenvalue weighted by atomic mass is 9.99. The van der Waals surface area contributed by atoms with E-state index in [1.165, 1.54) is 12.3 Å². The van der Waals surface area contributed by atoms with Crippen LogP contribution in [0.15, 0.2) is 23.7 Å². The van der Waals surface area contributed by atoms with E-state index in [2.05, 4.69) is 9.97 Å². The summed E-state index contributed by atoms with van der Waals surface area (Å²) in [6.07, 6.45) is -1.69. The smallest absolute Gasteiger partial charge is 0.356 e. The number of thiazole rings is 1. The van der Waals surface area contributed by atoms with Crippen LogP contribution in [0.2, 0.25) is 0 Å². The Morgan fingerprint density at radius 3 is 2.75 bits per heavy atom. The zero-order chi connectivity index (χ0) is 17.3. The van der Waals surface area contributed by atoms with E-state index in [4.69, 9.17) is 0 Å². The average molecular weight is 358 g/mol. The highest BCUT2D eigenvalue weighted by molar-refractivity contribution is 7.09. The molecule has 1 atom stereocenters. The lowest BCUT2D eigenvalue weighted by Gasteiger charge is -2.32. The molecule has 0 N–H and O–H groups in total. The van der Waals surface area contributed by atoms with E-state index < -0.39 is 16.8 Å². The number of pyridine rings is 1. The highest BCUT2D eigenvalue weighted by Gasteiger charge is 2.35. The van der Waals surface area contributed by atoms with Crippen molar-refractivity contribution in [1.82, 2.24) is 9.97 Å². The number of rotatable bonds is 3. The SMILES string of the molecule is O=[N+]([O-])c1ccc(N2CCCC(c3nc(C(F)(F)F)cs3)C2)nc1. The Balaban J connectivity index is 1.74. The van der Waals surface area contributed by atoms with Crippen molar-refractivity contribution in [3.05, 3.63) is 44.5 Å². The lowest BCUT2D eigenvalue weighted by molar-refractivity contribution is -0.385. The Hall–Kier alpha value is -2.23. The van der Waals surface area contributed by atoms with E-state index in [1.807, 2.05) is 4.90 Å². The monoisotopic (exact) mass is 358 g/mol. The van der Waals surface area contributed by atoms with Crippen LogP contribution in [0.4, 0.5) is 24.7 Å². The van der Waals surface area contributed by atoms with Crippen LogP contribution >= 0.6 is 11.3 Å². The minimum Gasteiger partial charge on any atom is -0.356 e. The zero-order valence-corrected chi connectivity index (χ0v) is 13.2. The van der Waals surface area contributed by atoms with Gasteiger partial charge in [-0.1, -0.05) is 0 Å². The van der Waals surface area contributed by atoms with Gasteiger partial charge in [0.1, 0.15) is 12.0 Å². The molecule has 0 radical (unpaired) electrons. The number of nitrogens with zero attached hydrogens (tertiary/aromatic N) is 4. The standard InChI is InChI=1S/C14H13F3N4O2S/c15-14(16,17)11-8-24-13(19-11)9-2-1-5-20(7-9)12-4-3-10(6-18-12)21(22)23/h3-4,6,8-9H,1-2,5,7H2. The molecular weight excluding hydrogens is 345 g/mol. The van der Waals surface area contributed by atoms with Gasteiger partial charge in [-0.2, -0.15) is 13.2 Å². The average Bonchev–Trinajstić information content (AvgIpc) is 3.05. The van der Waals surface area contributed by atoms with Gasteiger partial charge < -0.3 is 4.90 Å². The Kier molecular flexibility index (Phi) is 4.39. The molecule has 0 aliphatic carbocycles. The molecule has 1 aliphatic heterocycles. The summed E-state index contributed by atoms with van der Waals surface area (Å²) in [5, 5.41) is 12.2. The minimum absolute atomic E-state index is 0.0953. The Labute approximate surface area is 139 Å². The number of nitro groups is 1. The molecule has 2 aromatic heterocycles.